The van der Waals surface area contributed by atoms with Crippen LogP contribution in [0.1, 0.15) is 52.0 Å². The van der Waals surface area contributed by atoms with Crippen LogP contribution >= 0.6 is 0 Å². The number of hydrogen-bond donors (Lipinski definition) is 4. The molecule has 0 spiro atoms. The van der Waals surface area contributed by atoms with Gasteiger partial charge in [-0.3, -0.25) is 14.4 Å². The molecule has 0 heterocycles. The second-order valence-electron chi connectivity index (χ2n) is 11.3. The van der Waals surface area contributed by atoms with E-state index in [1.54, 1.807) is 60.7 Å². The molecule has 3 rings (SSSR count). The highest BCUT2D eigenvalue weighted by Gasteiger charge is 2.11. The number of benzene rings is 3. The zero-order chi connectivity index (χ0) is 31.9. The highest BCUT2D eigenvalue weighted by Crippen LogP contribution is 2.17. The van der Waals surface area contributed by atoms with Gasteiger partial charge in [-0.2, -0.15) is 0 Å². The SMILES string of the molecule is CN(C)CCCCC(=O)Cc1ccc(NC(=O)c2ccc(C(=O)Nc3ccc(NC(=O)NCCCN(C)C)cc3)cc2)cc1. The Morgan fingerprint density at radius 3 is 1.52 bits per heavy atom. The lowest BCUT2D eigenvalue weighted by molar-refractivity contribution is -0.118. The van der Waals surface area contributed by atoms with E-state index in [0.29, 0.717) is 47.6 Å². The molecular weight excluding hydrogens is 556 g/mol. The van der Waals surface area contributed by atoms with Crippen molar-refractivity contribution >= 4 is 40.7 Å². The number of hydrogen-bond acceptors (Lipinski definition) is 6. The molecule has 3 aromatic rings. The molecule has 0 radical (unpaired) electrons. The number of Topliss-reactive ketones (excluding diaryl/α,β-unsaturated/α-hetero) is 1. The van der Waals surface area contributed by atoms with Gasteiger partial charge in [-0.25, -0.2) is 4.79 Å². The van der Waals surface area contributed by atoms with Gasteiger partial charge in [0.2, 0.25) is 0 Å². The number of nitrogens with one attached hydrogen (secondary N) is 4. The van der Waals surface area contributed by atoms with E-state index < -0.39 is 0 Å². The van der Waals surface area contributed by atoms with Crippen LogP contribution in [-0.4, -0.2) is 81.3 Å². The standard InChI is InChI=1S/C34H44N6O4/c1-39(2)22-6-5-8-31(41)24-25-9-15-28(16-10-25)36-32(42)26-11-13-27(14-12-26)33(43)37-29-17-19-30(20-18-29)38-34(44)35-21-7-23-40(3)4/h9-20H,5-8,21-24H2,1-4H3,(H,36,42)(H,37,43)(H2,35,38,44). The Bertz CT molecular complexity index is 1260. The fourth-order valence-corrected chi connectivity index (χ4v) is 4.36. The number of nitrogens with zero attached hydrogens (tertiary/aromatic N) is 2. The third-order valence-corrected chi connectivity index (χ3v) is 6.80. The van der Waals surface area contributed by atoms with E-state index in [1.807, 2.05) is 40.3 Å². The van der Waals surface area contributed by atoms with Crippen LogP contribution in [0.5, 0.6) is 0 Å². The van der Waals surface area contributed by atoms with E-state index in [2.05, 4.69) is 31.1 Å². The number of urea groups is 1. The topological polar surface area (TPSA) is 123 Å². The number of unbranched alkanes of at least 4 members (excludes halogenated alkanes) is 1. The third-order valence-electron chi connectivity index (χ3n) is 6.80. The Morgan fingerprint density at radius 1 is 0.568 bits per heavy atom. The van der Waals surface area contributed by atoms with E-state index in [1.165, 1.54) is 0 Å². The molecule has 4 amide bonds. The van der Waals surface area contributed by atoms with Gasteiger partial charge in [-0.1, -0.05) is 12.1 Å². The molecule has 0 aliphatic carbocycles. The zero-order valence-electron chi connectivity index (χ0n) is 26.1. The van der Waals surface area contributed by atoms with Crippen molar-refractivity contribution in [2.45, 2.75) is 32.1 Å². The first kappa shape index (κ1) is 34.0. The van der Waals surface area contributed by atoms with Crippen molar-refractivity contribution in [2.24, 2.45) is 0 Å². The summed E-state index contributed by atoms with van der Waals surface area (Å²) in [5.41, 5.74) is 3.53. The first-order valence-electron chi connectivity index (χ1n) is 14.9. The van der Waals surface area contributed by atoms with Crippen LogP contribution in [0.3, 0.4) is 0 Å². The average molecular weight is 601 g/mol. The second kappa shape index (κ2) is 17.5. The van der Waals surface area contributed by atoms with Gasteiger partial charge >= 0.3 is 6.03 Å². The number of rotatable bonds is 16. The van der Waals surface area contributed by atoms with Crippen molar-refractivity contribution in [3.05, 3.63) is 89.5 Å². The number of ketones is 1. The minimum absolute atomic E-state index is 0.213. The van der Waals surface area contributed by atoms with E-state index >= 15 is 0 Å². The van der Waals surface area contributed by atoms with E-state index in [9.17, 15) is 19.2 Å². The van der Waals surface area contributed by atoms with Crippen molar-refractivity contribution < 1.29 is 19.2 Å². The predicted octanol–water partition coefficient (Wildman–Crippen LogP) is 5.11. The fourth-order valence-electron chi connectivity index (χ4n) is 4.36. The van der Waals surface area contributed by atoms with E-state index in [-0.39, 0.29) is 23.6 Å². The molecule has 0 unspecified atom stereocenters. The summed E-state index contributed by atoms with van der Waals surface area (Å²) in [6.07, 6.45) is 3.70. The third kappa shape index (κ3) is 12.4. The monoisotopic (exact) mass is 600 g/mol. The summed E-state index contributed by atoms with van der Waals surface area (Å²) < 4.78 is 0. The van der Waals surface area contributed by atoms with Crippen LogP contribution in [-0.2, 0) is 11.2 Å². The van der Waals surface area contributed by atoms with Crippen molar-refractivity contribution in [3.63, 3.8) is 0 Å². The van der Waals surface area contributed by atoms with Crippen molar-refractivity contribution in [1.29, 1.82) is 0 Å². The molecule has 0 aliphatic rings. The van der Waals surface area contributed by atoms with Crippen LogP contribution < -0.4 is 21.3 Å². The first-order valence-corrected chi connectivity index (χ1v) is 14.9. The smallest absolute Gasteiger partial charge is 0.319 e. The molecule has 0 atom stereocenters. The Labute approximate surface area is 260 Å². The van der Waals surface area contributed by atoms with Crippen LogP contribution in [0, 0.1) is 0 Å². The Kier molecular flexibility index (Phi) is 13.5. The van der Waals surface area contributed by atoms with Crippen molar-refractivity contribution in [3.8, 4) is 0 Å². The lowest BCUT2D eigenvalue weighted by atomic mass is 10.0. The highest BCUT2D eigenvalue weighted by atomic mass is 16.2. The van der Waals surface area contributed by atoms with Gasteiger partial charge in [0.25, 0.3) is 11.8 Å². The molecule has 0 aromatic heterocycles. The molecule has 0 fully saturated rings. The minimum atomic E-state index is -0.320. The highest BCUT2D eigenvalue weighted by molar-refractivity contribution is 6.07. The van der Waals surface area contributed by atoms with Gasteiger partial charge in [-0.05, 0) is 127 Å². The average Bonchev–Trinajstić information content (AvgIpc) is 2.99. The van der Waals surface area contributed by atoms with Gasteiger partial charge in [0.15, 0.2) is 0 Å². The molecule has 234 valence electrons. The molecule has 10 heteroatoms. The predicted molar refractivity (Wildman–Crippen MR) is 177 cm³/mol. The maximum absolute atomic E-state index is 12.7. The molecule has 3 aromatic carbocycles. The maximum atomic E-state index is 12.7. The minimum Gasteiger partial charge on any atom is -0.338 e. The Hall–Kier alpha value is -4.54. The Morgan fingerprint density at radius 2 is 1.02 bits per heavy atom. The molecule has 44 heavy (non-hydrogen) atoms. The normalized spacial score (nSPS) is 10.9. The molecule has 0 saturated carbocycles. The summed E-state index contributed by atoms with van der Waals surface area (Å²) in [6, 6.07) is 20.2. The second-order valence-corrected chi connectivity index (χ2v) is 11.3. The van der Waals surface area contributed by atoms with Crippen LogP contribution in [0.2, 0.25) is 0 Å². The largest absolute Gasteiger partial charge is 0.338 e. The van der Waals surface area contributed by atoms with E-state index in [4.69, 9.17) is 0 Å². The number of amides is 4. The van der Waals surface area contributed by atoms with E-state index in [0.717, 1.165) is 37.9 Å². The van der Waals surface area contributed by atoms with Gasteiger partial charge in [0.1, 0.15) is 5.78 Å². The molecule has 10 nitrogen and oxygen atoms in total. The molecule has 0 aliphatic heterocycles. The summed E-state index contributed by atoms with van der Waals surface area (Å²) >= 11 is 0. The summed E-state index contributed by atoms with van der Waals surface area (Å²) in [5.74, 6) is -0.407. The van der Waals surface area contributed by atoms with Crippen LogP contribution in [0.15, 0.2) is 72.8 Å². The van der Waals surface area contributed by atoms with Crippen molar-refractivity contribution in [1.82, 2.24) is 15.1 Å². The zero-order valence-corrected chi connectivity index (χ0v) is 26.1. The van der Waals surface area contributed by atoms with Gasteiger partial charge in [0, 0.05) is 47.6 Å². The van der Waals surface area contributed by atoms with Gasteiger partial charge in [-0.15, -0.1) is 0 Å². The van der Waals surface area contributed by atoms with Crippen LogP contribution in [0.25, 0.3) is 0 Å². The summed E-state index contributed by atoms with van der Waals surface area (Å²) in [5, 5.41) is 11.2. The summed E-state index contributed by atoms with van der Waals surface area (Å²) in [6.45, 7) is 2.45. The number of anilines is 3. The Balaban J connectivity index is 1.43. The van der Waals surface area contributed by atoms with Crippen LogP contribution in [0.4, 0.5) is 21.9 Å². The summed E-state index contributed by atoms with van der Waals surface area (Å²) in [4.78, 5) is 53.9. The van der Waals surface area contributed by atoms with Gasteiger partial charge in [0.05, 0.1) is 0 Å². The quantitative estimate of drug-likeness (QED) is 0.170. The number of carbonyl (C=O) groups is 4. The fraction of sp³-hybridized carbons (Fsp3) is 0.353. The lowest BCUT2D eigenvalue weighted by Crippen LogP contribution is -2.31. The molecule has 0 bridgehead atoms. The molecule has 0 saturated heterocycles. The molecule has 4 N–H and O–H groups in total. The van der Waals surface area contributed by atoms with Crippen molar-refractivity contribution in [2.75, 3.05) is 63.8 Å². The molecular formula is C34H44N6O4. The summed E-state index contributed by atoms with van der Waals surface area (Å²) in [7, 11) is 8.02. The number of carbonyl (C=O) groups excluding carboxylic acids is 4. The first-order chi connectivity index (χ1) is 21.1. The maximum Gasteiger partial charge on any atom is 0.319 e. The van der Waals surface area contributed by atoms with Gasteiger partial charge < -0.3 is 31.1 Å². The lowest BCUT2D eigenvalue weighted by Gasteiger charge is -2.11.